The number of hydrogen-bond donors (Lipinski definition) is 0. The largest absolute Gasteiger partial charge is 0.457 e. The Kier molecular flexibility index (Phi) is 6.55. The molecule has 1 aliphatic carbocycles. The first-order valence-corrected chi connectivity index (χ1v) is 12.6. The number of aromatic nitrogens is 4. The third-order valence-electron chi connectivity index (χ3n) is 6.06. The molecule has 0 unspecified atom stereocenters. The van der Waals surface area contributed by atoms with E-state index in [-0.39, 0.29) is 18.1 Å². The van der Waals surface area contributed by atoms with Gasteiger partial charge in [-0.25, -0.2) is 0 Å². The van der Waals surface area contributed by atoms with Crippen LogP contribution in [0, 0.1) is 13.8 Å². The van der Waals surface area contributed by atoms with Crippen molar-refractivity contribution >= 4 is 23.5 Å². The summed E-state index contributed by atoms with van der Waals surface area (Å²) in [5.74, 6) is 0.0629. The highest BCUT2D eigenvalue weighted by Crippen LogP contribution is 2.38. The van der Waals surface area contributed by atoms with Gasteiger partial charge >= 0.3 is 5.97 Å². The number of nitrogens with zero attached hydrogens (tertiary/aromatic N) is 4. The molecule has 0 spiro atoms. The summed E-state index contributed by atoms with van der Waals surface area (Å²) in [5.41, 5.74) is 4.47. The van der Waals surface area contributed by atoms with Gasteiger partial charge in [0.2, 0.25) is 5.78 Å². The van der Waals surface area contributed by atoms with Crippen LogP contribution in [0.1, 0.15) is 40.6 Å². The normalized spacial score (nSPS) is 13.1. The number of para-hydroxylation sites is 1. The average molecular weight is 487 g/mol. The van der Waals surface area contributed by atoms with Gasteiger partial charge in [-0.05, 0) is 44.9 Å². The summed E-state index contributed by atoms with van der Waals surface area (Å²) in [7, 11) is 0. The lowest BCUT2D eigenvalue weighted by molar-refractivity contribution is -0.139. The second kappa shape index (κ2) is 9.92. The Morgan fingerprint density at radius 2 is 1.69 bits per heavy atom. The molecule has 2 aromatic carbocycles. The molecule has 4 aromatic rings. The van der Waals surface area contributed by atoms with Gasteiger partial charge in [-0.15, -0.1) is 10.2 Å². The van der Waals surface area contributed by atoms with E-state index < -0.39 is 5.97 Å². The van der Waals surface area contributed by atoms with E-state index in [1.165, 1.54) is 11.8 Å². The highest BCUT2D eigenvalue weighted by Gasteiger charge is 2.28. The van der Waals surface area contributed by atoms with Crippen LogP contribution >= 0.6 is 11.8 Å². The van der Waals surface area contributed by atoms with Crippen LogP contribution in [0.2, 0.25) is 0 Å². The van der Waals surface area contributed by atoms with Gasteiger partial charge in [-0.1, -0.05) is 60.3 Å². The molecule has 0 atom stereocenters. The van der Waals surface area contributed by atoms with Crippen molar-refractivity contribution < 1.29 is 14.3 Å². The molecule has 2 heterocycles. The van der Waals surface area contributed by atoms with Crippen molar-refractivity contribution in [1.82, 2.24) is 19.3 Å². The molecule has 0 saturated heterocycles. The number of benzene rings is 2. The molecule has 0 bridgehead atoms. The van der Waals surface area contributed by atoms with Crippen LogP contribution in [0.25, 0.3) is 17.1 Å². The molecule has 7 nitrogen and oxygen atoms in total. The minimum Gasteiger partial charge on any atom is -0.457 e. The smallest absolute Gasteiger partial charge is 0.316 e. The van der Waals surface area contributed by atoms with Gasteiger partial charge in [0.25, 0.3) is 0 Å². The predicted molar refractivity (Wildman–Crippen MR) is 135 cm³/mol. The molecule has 0 N–H and O–H groups in total. The summed E-state index contributed by atoms with van der Waals surface area (Å²) in [6.07, 6.45) is 2.30. The third-order valence-corrected chi connectivity index (χ3v) is 6.96. The van der Waals surface area contributed by atoms with Gasteiger partial charge in [-0.3, -0.25) is 14.2 Å². The fourth-order valence-corrected chi connectivity index (χ4v) is 5.04. The van der Waals surface area contributed by atoms with Crippen molar-refractivity contribution in [3.8, 4) is 17.1 Å². The number of carbonyl (C=O) groups is 2. The number of rotatable bonds is 9. The van der Waals surface area contributed by atoms with E-state index in [2.05, 4.69) is 14.8 Å². The first-order chi connectivity index (χ1) is 17.0. The molecule has 0 amide bonds. The Morgan fingerprint density at radius 3 is 2.37 bits per heavy atom. The van der Waals surface area contributed by atoms with E-state index in [9.17, 15) is 9.59 Å². The molecule has 1 aliphatic rings. The summed E-state index contributed by atoms with van der Waals surface area (Å²) in [4.78, 5) is 25.2. The molecule has 5 rings (SSSR count). The molecule has 0 aliphatic heterocycles. The zero-order valence-electron chi connectivity index (χ0n) is 19.7. The lowest BCUT2D eigenvalue weighted by Gasteiger charge is -2.10. The van der Waals surface area contributed by atoms with Crippen LogP contribution in [-0.2, 0) is 9.53 Å². The number of Topliss-reactive ketones (excluding diaryl/α,β-unsaturated/α-hetero) is 1. The molecular formula is C27H26N4O3S. The topological polar surface area (TPSA) is 79.0 Å². The van der Waals surface area contributed by atoms with E-state index in [0.717, 1.165) is 35.5 Å². The van der Waals surface area contributed by atoms with Crippen molar-refractivity contribution in [3.05, 3.63) is 83.7 Å². The summed E-state index contributed by atoms with van der Waals surface area (Å²) in [6, 6.07) is 21.9. The number of thioether (sulfide) groups is 1. The maximum Gasteiger partial charge on any atom is 0.316 e. The van der Waals surface area contributed by atoms with Gasteiger partial charge in [0, 0.05) is 34.2 Å². The monoisotopic (exact) mass is 486 g/mol. The fraction of sp³-hybridized carbons (Fsp3) is 0.259. The fourth-order valence-electron chi connectivity index (χ4n) is 4.29. The SMILES string of the molecule is Cc1cc(C(=O)COC(=O)CSc2nnc(-c3ccccc3)n2-c2ccccc2)c(C)n1C1CC1. The summed E-state index contributed by atoms with van der Waals surface area (Å²) < 4.78 is 9.46. The van der Waals surface area contributed by atoms with Crippen LogP contribution in [0.5, 0.6) is 0 Å². The van der Waals surface area contributed by atoms with E-state index in [1.54, 1.807) is 0 Å². The molecule has 35 heavy (non-hydrogen) atoms. The number of hydrogen-bond acceptors (Lipinski definition) is 6. The molecule has 1 saturated carbocycles. The Bertz CT molecular complexity index is 1360. The number of carbonyl (C=O) groups excluding carboxylic acids is 2. The van der Waals surface area contributed by atoms with Crippen LogP contribution in [0.4, 0.5) is 0 Å². The van der Waals surface area contributed by atoms with Gasteiger partial charge in [-0.2, -0.15) is 0 Å². The van der Waals surface area contributed by atoms with E-state index >= 15 is 0 Å². The lowest BCUT2D eigenvalue weighted by atomic mass is 10.1. The number of ether oxygens (including phenoxy) is 1. The Labute approximate surface area is 208 Å². The number of aryl methyl sites for hydroxylation is 1. The zero-order valence-corrected chi connectivity index (χ0v) is 20.5. The minimum atomic E-state index is -0.469. The average Bonchev–Trinajstić information content (AvgIpc) is 3.54. The van der Waals surface area contributed by atoms with Gasteiger partial charge in [0.1, 0.15) is 0 Å². The Hall–Kier alpha value is -3.65. The maximum absolute atomic E-state index is 12.7. The first kappa shape index (κ1) is 23.1. The van der Waals surface area contributed by atoms with Crippen molar-refractivity contribution in [2.75, 3.05) is 12.4 Å². The van der Waals surface area contributed by atoms with Gasteiger partial charge in [0.15, 0.2) is 17.6 Å². The van der Waals surface area contributed by atoms with E-state index in [4.69, 9.17) is 4.74 Å². The molecular weight excluding hydrogens is 460 g/mol. The maximum atomic E-state index is 12.7. The van der Waals surface area contributed by atoms with Crippen LogP contribution in [0.15, 0.2) is 71.9 Å². The quantitative estimate of drug-likeness (QED) is 0.184. The van der Waals surface area contributed by atoms with Crippen LogP contribution in [-0.4, -0.2) is 43.4 Å². The highest BCUT2D eigenvalue weighted by atomic mass is 32.2. The first-order valence-electron chi connectivity index (χ1n) is 11.6. The lowest BCUT2D eigenvalue weighted by Crippen LogP contribution is -2.16. The van der Waals surface area contributed by atoms with Gasteiger partial charge < -0.3 is 9.30 Å². The molecule has 0 radical (unpaired) electrons. The van der Waals surface area contributed by atoms with Crippen molar-refractivity contribution in [2.45, 2.75) is 37.9 Å². The number of ketones is 1. The Balaban J connectivity index is 1.26. The minimum absolute atomic E-state index is 0.0220. The molecule has 178 valence electrons. The molecule has 1 fully saturated rings. The molecule has 8 heteroatoms. The van der Waals surface area contributed by atoms with E-state index in [1.807, 2.05) is 85.1 Å². The van der Waals surface area contributed by atoms with Crippen molar-refractivity contribution in [1.29, 1.82) is 0 Å². The van der Waals surface area contributed by atoms with Crippen LogP contribution < -0.4 is 0 Å². The summed E-state index contributed by atoms with van der Waals surface area (Å²) in [5, 5.41) is 9.28. The highest BCUT2D eigenvalue weighted by molar-refractivity contribution is 7.99. The Morgan fingerprint density at radius 1 is 1.00 bits per heavy atom. The predicted octanol–water partition coefficient (Wildman–Crippen LogP) is 5.21. The second-order valence-electron chi connectivity index (χ2n) is 8.60. The van der Waals surface area contributed by atoms with E-state index in [0.29, 0.717) is 22.6 Å². The third kappa shape index (κ3) is 4.93. The van der Waals surface area contributed by atoms with Crippen LogP contribution in [0.3, 0.4) is 0 Å². The second-order valence-corrected chi connectivity index (χ2v) is 9.54. The van der Waals surface area contributed by atoms with Gasteiger partial charge in [0.05, 0.1) is 5.75 Å². The standard InChI is InChI=1S/C27H26N4O3S/c1-18-15-23(19(2)30(18)22-13-14-22)24(32)16-34-25(33)17-35-27-29-28-26(20-9-5-3-6-10-20)31(27)21-11-7-4-8-12-21/h3-12,15,22H,13-14,16-17H2,1-2H3. The summed E-state index contributed by atoms with van der Waals surface area (Å²) in [6.45, 7) is 3.70. The zero-order chi connectivity index (χ0) is 24.4. The summed E-state index contributed by atoms with van der Waals surface area (Å²) >= 11 is 1.23. The number of esters is 1. The van der Waals surface area contributed by atoms with Crippen molar-refractivity contribution in [3.63, 3.8) is 0 Å². The van der Waals surface area contributed by atoms with Crippen molar-refractivity contribution in [2.24, 2.45) is 0 Å². The molecule has 2 aromatic heterocycles.